The first-order valence-corrected chi connectivity index (χ1v) is 16.7. The van der Waals surface area contributed by atoms with E-state index < -0.39 is 12.1 Å². The second-order valence-corrected chi connectivity index (χ2v) is 12.8. The van der Waals surface area contributed by atoms with Crippen LogP contribution in [0.2, 0.25) is 0 Å². The summed E-state index contributed by atoms with van der Waals surface area (Å²) in [6, 6.07) is 8.79. The van der Waals surface area contributed by atoms with Crippen molar-refractivity contribution in [1.82, 2.24) is 5.32 Å². The third-order valence-electron chi connectivity index (χ3n) is 9.61. The number of hydrogen-bond donors (Lipinski definition) is 4. The molecule has 0 unspecified atom stereocenters. The van der Waals surface area contributed by atoms with E-state index in [-0.39, 0.29) is 54.5 Å². The van der Waals surface area contributed by atoms with Crippen molar-refractivity contribution in [2.24, 2.45) is 17.8 Å². The topological polar surface area (TPSA) is 135 Å². The zero-order chi connectivity index (χ0) is 33.2. The maximum atomic E-state index is 14.0. The first kappa shape index (κ1) is 35.3. The number of esters is 1. The minimum Gasteiger partial charge on any atom is -0.504 e. The molecule has 0 bridgehead atoms. The number of rotatable bonds is 16. The molecular formula is C37H51NO8. The van der Waals surface area contributed by atoms with Gasteiger partial charge < -0.3 is 34.8 Å². The largest absolute Gasteiger partial charge is 0.504 e. The fourth-order valence-corrected chi connectivity index (χ4v) is 7.39. The highest BCUT2D eigenvalue weighted by Gasteiger charge is 2.40. The number of aryl methyl sites for hydroxylation is 1. The zero-order valence-corrected chi connectivity index (χ0v) is 27.7. The molecule has 0 spiro atoms. The number of ether oxygens (including phenoxy) is 3. The molecule has 9 heteroatoms. The van der Waals surface area contributed by atoms with Crippen LogP contribution in [0.1, 0.15) is 87.8 Å². The van der Waals surface area contributed by atoms with Gasteiger partial charge in [-0.1, -0.05) is 19.1 Å². The number of aliphatic hydroxyl groups is 1. The number of carbonyl (C=O) groups is 2. The number of methoxy groups -OCH3 is 2. The number of aliphatic hydroxyl groups excluding tert-OH is 1. The molecule has 2 aromatic rings. The smallest absolute Gasteiger partial charge is 0.302 e. The average molecular weight is 638 g/mol. The summed E-state index contributed by atoms with van der Waals surface area (Å²) in [5.41, 5.74) is 3.95. The van der Waals surface area contributed by atoms with Gasteiger partial charge in [0.2, 0.25) is 0 Å². The molecule has 2 aliphatic carbocycles. The van der Waals surface area contributed by atoms with E-state index in [9.17, 15) is 24.9 Å². The molecule has 2 aliphatic rings. The van der Waals surface area contributed by atoms with Crippen LogP contribution in [0.25, 0.3) is 5.57 Å². The maximum absolute atomic E-state index is 14.0. The van der Waals surface area contributed by atoms with Gasteiger partial charge in [-0.15, -0.1) is 0 Å². The predicted octanol–water partition coefficient (Wildman–Crippen LogP) is 5.92. The number of fused-ring (bicyclic) bond motifs is 2. The normalized spacial score (nSPS) is 21.3. The van der Waals surface area contributed by atoms with Crippen LogP contribution < -0.4 is 14.8 Å². The van der Waals surface area contributed by atoms with Crippen molar-refractivity contribution in [2.75, 3.05) is 33.9 Å². The summed E-state index contributed by atoms with van der Waals surface area (Å²) in [5.74, 6) is 1.08. The lowest BCUT2D eigenvalue weighted by atomic mass is 9.65. The van der Waals surface area contributed by atoms with Gasteiger partial charge >= 0.3 is 5.97 Å². The Morgan fingerprint density at radius 2 is 1.80 bits per heavy atom. The lowest BCUT2D eigenvalue weighted by Gasteiger charge is -2.39. The first-order valence-electron chi connectivity index (χ1n) is 16.7. The maximum Gasteiger partial charge on any atom is 0.302 e. The Balaban J connectivity index is 1.63. The van der Waals surface area contributed by atoms with E-state index in [2.05, 4.69) is 18.3 Å². The van der Waals surface area contributed by atoms with E-state index in [0.717, 1.165) is 60.9 Å². The minimum atomic E-state index is -0.597. The van der Waals surface area contributed by atoms with Crippen LogP contribution in [0.4, 0.5) is 0 Å². The molecule has 2 aromatic carbocycles. The lowest BCUT2D eigenvalue weighted by molar-refractivity contribution is -0.147. The van der Waals surface area contributed by atoms with Gasteiger partial charge in [-0.05, 0) is 122 Å². The van der Waals surface area contributed by atoms with E-state index >= 15 is 0 Å². The molecule has 252 valence electrons. The summed E-state index contributed by atoms with van der Waals surface area (Å²) >= 11 is 0. The van der Waals surface area contributed by atoms with E-state index in [1.807, 2.05) is 6.07 Å². The van der Waals surface area contributed by atoms with Crippen molar-refractivity contribution in [1.29, 1.82) is 0 Å². The molecule has 1 fully saturated rings. The number of Topliss-reactive ketones (excluding diaryl/α,β-unsaturated/α-hetero) is 1. The molecule has 5 atom stereocenters. The van der Waals surface area contributed by atoms with Crippen LogP contribution in [0.15, 0.2) is 36.4 Å². The number of phenolic OH excluding ortho intramolecular Hbond substituents is 2. The standard InChI is InChI=1S/C37H51NO8/c1-5-13-38-22-27-17-26-9-6-25(12-14-39)15-30(26)32(33-21-37(45-4)35(43)20-31(27)33)19-28(41)18-29(46-23(2)40)10-7-24-8-11-34(42)36(16-24)44-3/h8,11,16-17,20-21,25-26,29-30,32,38-39,42-43H,5-7,9-10,12-15,18-19,22H2,1-4H3/t25-,26-,29-,30+,32+/m1/s1. The number of phenols is 2. The summed E-state index contributed by atoms with van der Waals surface area (Å²) in [5, 5.41) is 34.1. The third kappa shape index (κ3) is 9.04. The third-order valence-corrected chi connectivity index (χ3v) is 9.61. The number of allylic oxidation sites excluding steroid dienone is 1. The predicted molar refractivity (Wildman–Crippen MR) is 177 cm³/mol. The summed E-state index contributed by atoms with van der Waals surface area (Å²) in [4.78, 5) is 26.0. The van der Waals surface area contributed by atoms with Crippen molar-refractivity contribution >= 4 is 17.3 Å². The Morgan fingerprint density at radius 3 is 2.50 bits per heavy atom. The van der Waals surface area contributed by atoms with Crippen LogP contribution in [-0.2, 0) is 20.7 Å². The van der Waals surface area contributed by atoms with Gasteiger partial charge in [-0.3, -0.25) is 9.59 Å². The molecular weight excluding hydrogens is 586 g/mol. The minimum absolute atomic E-state index is 0.00752. The van der Waals surface area contributed by atoms with Crippen molar-refractivity contribution in [2.45, 2.75) is 83.7 Å². The Hall–Kier alpha value is -3.56. The van der Waals surface area contributed by atoms with Gasteiger partial charge in [0.15, 0.2) is 23.0 Å². The number of carbonyl (C=O) groups excluding carboxylic acids is 2. The van der Waals surface area contributed by atoms with Gasteiger partial charge in [0, 0.05) is 32.9 Å². The summed E-state index contributed by atoms with van der Waals surface area (Å²) in [7, 11) is 3.02. The molecule has 0 amide bonds. The van der Waals surface area contributed by atoms with Gasteiger partial charge in [0.25, 0.3) is 0 Å². The monoisotopic (exact) mass is 637 g/mol. The Bertz CT molecular complexity index is 1370. The molecule has 46 heavy (non-hydrogen) atoms. The number of ketones is 1. The summed E-state index contributed by atoms with van der Waals surface area (Å²) in [6.45, 7) is 5.16. The molecule has 9 nitrogen and oxygen atoms in total. The molecule has 4 N–H and O–H groups in total. The second kappa shape index (κ2) is 16.8. The molecule has 1 saturated carbocycles. The first-order chi connectivity index (χ1) is 22.2. The van der Waals surface area contributed by atoms with E-state index in [0.29, 0.717) is 36.8 Å². The van der Waals surface area contributed by atoms with Crippen LogP contribution in [0, 0.1) is 17.8 Å². The number of aromatic hydroxyl groups is 2. The fraction of sp³-hybridized carbons (Fsp3) is 0.568. The molecule has 0 heterocycles. The number of hydrogen-bond acceptors (Lipinski definition) is 9. The van der Waals surface area contributed by atoms with Gasteiger partial charge in [-0.25, -0.2) is 0 Å². The van der Waals surface area contributed by atoms with Crippen molar-refractivity contribution in [3.63, 3.8) is 0 Å². The van der Waals surface area contributed by atoms with Crippen molar-refractivity contribution in [3.8, 4) is 23.0 Å². The molecule has 4 rings (SSSR count). The highest BCUT2D eigenvalue weighted by atomic mass is 16.5. The second-order valence-electron chi connectivity index (χ2n) is 12.8. The number of benzene rings is 2. The zero-order valence-electron chi connectivity index (χ0n) is 27.7. The molecule has 0 saturated heterocycles. The van der Waals surface area contributed by atoms with Crippen LogP contribution in [0.3, 0.4) is 0 Å². The highest BCUT2D eigenvalue weighted by Crippen LogP contribution is 2.51. The van der Waals surface area contributed by atoms with E-state index in [1.54, 1.807) is 24.3 Å². The van der Waals surface area contributed by atoms with Gasteiger partial charge in [0.1, 0.15) is 11.9 Å². The van der Waals surface area contributed by atoms with Crippen LogP contribution in [0.5, 0.6) is 23.0 Å². The van der Waals surface area contributed by atoms with Gasteiger partial charge in [-0.2, -0.15) is 0 Å². The van der Waals surface area contributed by atoms with E-state index in [1.165, 1.54) is 21.1 Å². The quantitative estimate of drug-likeness (QED) is 0.131. The Labute approximate surface area is 273 Å². The molecule has 0 aromatic heterocycles. The Kier molecular flexibility index (Phi) is 12.9. The average Bonchev–Trinajstić information content (AvgIpc) is 3.14. The summed E-state index contributed by atoms with van der Waals surface area (Å²) in [6.07, 6.45) is 7.73. The van der Waals surface area contributed by atoms with Crippen LogP contribution in [-0.4, -0.2) is 67.1 Å². The molecule has 0 aliphatic heterocycles. The van der Waals surface area contributed by atoms with Gasteiger partial charge in [0.05, 0.1) is 14.2 Å². The Morgan fingerprint density at radius 1 is 1.04 bits per heavy atom. The SMILES string of the molecule is CCCNCC1=C[C@H]2CC[C@H](CCO)C[C@@H]2[C@H](CC(=O)C[C@@H](CCc2ccc(O)c(OC)c2)OC(C)=O)c2cc(OC)c(O)cc21. The molecule has 0 radical (unpaired) electrons. The van der Waals surface area contributed by atoms with E-state index in [4.69, 9.17) is 14.2 Å². The van der Waals surface area contributed by atoms with Crippen LogP contribution >= 0.6 is 0 Å². The number of nitrogens with one attached hydrogen (secondary N) is 1. The summed E-state index contributed by atoms with van der Waals surface area (Å²) < 4.78 is 16.4. The lowest BCUT2D eigenvalue weighted by Crippen LogP contribution is -2.31. The van der Waals surface area contributed by atoms with Crippen molar-refractivity contribution < 1.29 is 39.1 Å². The fourth-order valence-electron chi connectivity index (χ4n) is 7.39. The highest BCUT2D eigenvalue weighted by molar-refractivity contribution is 5.82. The van der Waals surface area contributed by atoms with Crippen molar-refractivity contribution in [3.05, 3.63) is 53.1 Å².